The fourth-order valence-corrected chi connectivity index (χ4v) is 8.34. The summed E-state index contributed by atoms with van der Waals surface area (Å²) in [4.78, 5) is 49.6. The Balaban J connectivity index is 1.83. The summed E-state index contributed by atoms with van der Waals surface area (Å²) >= 11 is 0. The maximum absolute atomic E-state index is 12.9. The van der Waals surface area contributed by atoms with Crippen molar-refractivity contribution < 1.29 is 144 Å². The van der Waals surface area contributed by atoms with E-state index in [1.165, 1.54) is 6.92 Å². The standard InChI is InChI=1S/C39H67N3O29/c1-11-23(54)29(60)30(61)36(65-11)70-34-33(69-35-22(41-13(3)49)28(59)26(57)18(7-45)66-35)27(58)19(8-46)67-37(34)68-31(24(55)14(5-43)40-12(2)48)17(52)10-64-39(38(62)63)4-15(50)21(42-20(53)9-47)32(71-39)25(56)16(51)6-44/h11,14-19,21-37,43-47,50-52,54-61H,4-10H2,1-3H3,(H,40,48)(H,41,49)(H,42,53)(H,62,63)/t11-,14-,15-,16+,17+,18+,19+,21+,22+,23+,24+,25+,26-,27-,28+,29+,30-,31-,32+,33-,34+,35+,36-,37-,39+/m0/s1. The van der Waals surface area contributed by atoms with Crippen molar-refractivity contribution in [1.82, 2.24) is 16.0 Å². The van der Waals surface area contributed by atoms with Gasteiger partial charge in [0.2, 0.25) is 17.7 Å². The number of aliphatic carboxylic acids is 1. The van der Waals surface area contributed by atoms with Crippen molar-refractivity contribution in [3.05, 3.63) is 0 Å². The quantitative estimate of drug-likeness (QED) is 0.0452. The number of ether oxygens (including phenoxy) is 8. The van der Waals surface area contributed by atoms with Gasteiger partial charge in [0.25, 0.3) is 5.79 Å². The van der Waals surface area contributed by atoms with Gasteiger partial charge >= 0.3 is 5.97 Å². The summed E-state index contributed by atoms with van der Waals surface area (Å²) in [7, 11) is 0. The third kappa shape index (κ3) is 14.2. The number of nitrogens with one attached hydrogen (secondary N) is 3. The van der Waals surface area contributed by atoms with Crippen molar-refractivity contribution in [3.63, 3.8) is 0 Å². The number of carboxylic acids is 1. The fourth-order valence-electron chi connectivity index (χ4n) is 8.34. The van der Waals surface area contributed by atoms with Crippen molar-refractivity contribution in [1.29, 1.82) is 0 Å². The summed E-state index contributed by atoms with van der Waals surface area (Å²) < 4.78 is 46.3. The van der Waals surface area contributed by atoms with Gasteiger partial charge in [0, 0.05) is 20.3 Å². The van der Waals surface area contributed by atoms with E-state index in [0.29, 0.717) is 0 Å². The molecule has 3 amide bonds. The van der Waals surface area contributed by atoms with Crippen LogP contribution in [-0.2, 0) is 57.1 Å². The van der Waals surface area contributed by atoms with E-state index >= 15 is 0 Å². The predicted molar refractivity (Wildman–Crippen MR) is 221 cm³/mol. The van der Waals surface area contributed by atoms with Crippen LogP contribution >= 0.6 is 0 Å². The van der Waals surface area contributed by atoms with E-state index in [2.05, 4.69) is 16.0 Å². The average Bonchev–Trinajstić information content (AvgIpc) is 3.33. The van der Waals surface area contributed by atoms with Gasteiger partial charge in [-0.1, -0.05) is 0 Å². The lowest BCUT2D eigenvalue weighted by molar-refractivity contribution is -0.393. The Kier molecular flexibility index (Phi) is 22.5. The highest BCUT2D eigenvalue weighted by molar-refractivity contribution is 5.78. The minimum Gasteiger partial charge on any atom is -0.477 e. The molecule has 0 aliphatic carbocycles. The predicted octanol–water partition coefficient (Wildman–Crippen LogP) is -12.7. The molecular formula is C39H67N3O29. The molecular weight excluding hydrogens is 974 g/mol. The van der Waals surface area contributed by atoms with Crippen molar-refractivity contribution in [3.8, 4) is 0 Å². The summed E-state index contributed by atoms with van der Waals surface area (Å²) in [5.74, 6) is -8.15. The monoisotopic (exact) mass is 1040 g/mol. The highest BCUT2D eigenvalue weighted by Crippen LogP contribution is 2.37. The van der Waals surface area contributed by atoms with Crippen LogP contribution in [0.2, 0.25) is 0 Å². The van der Waals surface area contributed by atoms with Gasteiger partial charge in [0.1, 0.15) is 110 Å². The second-order valence-electron chi connectivity index (χ2n) is 17.4. The lowest BCUT2D eigenvalue weighted by Crippen LogP contribution is -2.69. The number of rotatable bonds is 23. The van der Waals surface area contributed by atoms with Crippen LogP contribution < -0.4 is 16.0 Å². The van der Waals surface area contributed by atoms with Gasteiger partial charge in [-0.25, -0.2) is 4.79 Å². The number of carbonyl (C=O) groups excluding carboxylic acids is 3. The Morgan fingerprint density at radius 2 is 1.28 bits per heavy atom. The van der Waals surface area contributed by atoms with Crippen molar-refractivity contribution in [2.24, 2.45) is 0 Å². The van der Waals surface area contributed by atoms with Gasteiger partial charge < -0.3 is 141 Å². The van der Waals surface area contributed by atoms with Crippen LogP contribution in [0.5, 0.6) is 0 Å². The molecule has 0 aromatic rings. The largest absolute Gasteiger partial charge is 0.477 e. The zero-order valence-corrected chi connectivity index (χ0v) is 38.3. The lowest BCUT2D eigenvalue weighted by Gasteiger charge is -2.50. The molecule has 25 atom stereocenters. The Morgan fingerprint density at radius 3 is 1.83 bits per heavy atom. The normalized spacial score (nSPS) is 40.3. The second kappa shape index (κ2) is 26.4. The summed E-state index contributed by atoms with van der Waals surface area (Å²) in [5, 5.41) is 188. The highest BCUT2D eigenvalue weighted by atomic mass is 16.8. The molecule has 0 unspecified atom stereocenters. The van der Waals surface area contributed by atoms with Gasteiger partial charge in [0.05, 0.1) is 57.3 Å². The van der Waals surface area contributed by atoms with E-state index in [-0.39, 0.29) is 0 Å². The smallest absolute Gasteiger partial charge is 0.364 e. The van der Waals surface area contributed by atoms with Crippen LogP contribution in [0.3, 0.4) is 0 Å². The van der Waals surface area contributed by atoms with Crippen LogP contribution in [0.15, 0.2) is 0 Å². The zero-order valence-electron chi connectivity index (χ0n) is 38.3. The molecule has 4 aliphatic heterocycles. The van der Waals surface area contributed by atoms with E-state index in [1.807, 2.05) is 0 Å². The third-order valence-corrected chi connectivity index (χ3v) is 12.2. The number of carboxylic acid groups (broad SMARTS) is 1. The Morgan fingerprint density at radius 1 is 0.676 bits per heavy atom. The molecule has 32 heteroatoms. The minimum absolute atomic E-state index is 0.831. The molecule has 20 N–H and O–H groups in total. The van der Waals surface area contributed by atoms with Crippen molar-refractivity contribution in [2.75, 3.05) is 39.6 Å². The summed E-state index contributed by atoms with van der Waals surface area (Å²) in [6.07, 6.45) is -44.4. The number of carbonyl (C=O) groups is 4. The number of amides is 3. The number of hydrogen-bond donors (Lipinski definition) is 20. The molecule has 4 aliphatic rings. The van der Waals surface area contributed by atoms with Crippen LogP contribution in [-0.4, -0.2) is 303 Å². The molecule has 4 saturated heterocycles. The van der Waals surface area contributed by atoms with Crippen LogP contribution in [0, 0.1) is 0 Å². The molecule has 71 heavy (non-hydrogen) atoms. The molecule has 0 aromatic heterocycles. The highest BCUT2D eigenvalue weighted by Gasteiger charge is 2.58. The lowest BCUT2D eigenvalue weighted by atomic mass is 9.88. The average molecular weight is 1040 g/mol. The molecule has 4 heterocycles. The zero-order chi connectivity index (χ0) is 53.4. The van der Waals surface area contributed by atoms with Gasteiger partial charge in [-0.2, -0.15) is 0 Å². The van der Waals surface area contributed by atoms with Gasteiger partial charge in [0.15, 0.2) is 18.9 Å². The van der Waals surface area contributed by atoms with E-state index in [1.54, 1.807) is 0 Å². The Hall–Kier alpha value is -3.08. The van der Waals surface area contributed by atoms with Gasteiger partial charge in [-0.15, -0.1) is 0 Å². The summed E-state index contributed by atoms with van der Waals surface area (Å²) in [6.45, 7) is -3.79. The Bertz CT molecular complexity index is 1730. The Labute approximate surface area is 402 Å². The maximum atomic E-state index is 12.9. The maximum Gasteiger partial charge on any atom is 0.364 e. The molecule has 0 saturated carbocycles. The molecule has 412 valence electrons. The third-order valence-electron chi connectivity index (χ3n) is 12.2. The molecule has 0 spiro atoms. The molecule has 0 aromatic carbocycles. The molecule has 4 fully saturated rings. The number of aliphatic hydroxyl groups excluding tert-OH is 16. The summed E-state index contributed by atoms with van der Waals surface area (Å²) in [5.41, 5.74) is 0. The van der Waals surface area contributed by atoms with Crippen LogP contribution in [0.1, 0.15) is 27.2 Å². The first-order valence-corrected chi connectivity index (χ1v) is 22.2. The van der Waals surface area contributed by atoms with Crippen molar-refractivity contribution in [2.45, 2.75) is 180 Å². The topological polar surface area (TPSA) is 522 Å². The fraction of sp³-hybridized carbons (Fsp3) is 0.897. The first-order chi connectivity index (χ1) is 33.3. The molecule has 32 nitrogen and oxygen atoms in total. The first-order valence-electron chi connectivity index (χ1n) is 22.2. The second-order valence-corrected chi connectivity index (χ2v) is 17.4. The molecule has 0 radical (unpaired) electrons. The molecule has 0 bridgehead atoms. The van der Waals surface area contributed by atoms with E-state index in [9.17, 15) is 106 Å². The SMILES string of the molecule is CC(=O)N[C@H]1[C@@H](O[C@H]2[C@@H](O)[C@@H](CO)O[C@@H](O[C@H]([C@H](O)[C@H](CO)NC(C)=O)[C@H](O)CO[C@]3(C(=O)O)C[C@H](O)[C@@H](NC(=O)CO)[C@H]([C@H](O)[C@H](O)CO)O3)[C@@H]2O[C@@H]2O[C@@H](C)[C@@H](O)[C@@H](O)[C@@H]2O)O[C@H](CO)[C@H](O)[C@@H]1O. The van der Waals surface area contributed by atoms with Gasteiger partial charge in [-0.3, -0.25) is 14.4 Å². The van der Waals surface area contributed by atoms with E-state index in [4.69, 9.17) is 37.9 Å². The first kappa shape index (κ1) is 60.5. The van der Waals surface area contributed by atoms with Gasteiger partial charge in [-0.05, 0) is 6.92 Å². The van der Waals surface area contributed by atoms with E-state index < -0.39 is 222 Å². The minimum atomic E-state index is -3.17. The van der Waals surface area contributed by atoms with Crippen molar-refractivity contribution >= 4 is 23.7 Å². The summed E-state index contributed by atoms with van der Waals surface area (Å²) in [6, 6.07) is -5.34. The van der Waals surface area contributed by atoms with Crippen LogP contribution in [0.4, 0.5) is 0 Å². The number of aliphatic hydroxyl groups is 16. The molecule has 4 rings (SSSR count). The van der Waals surface area contributed by atoms with E-state index in [0.717, 1.165) is 13.8 Å². The number of hydrogen-bond acceptors (Lipinski definition) is 28. The van der Waals surface area contributed by atoms with Crippen LogP contribution in [0.25, 0.3) is 0 Å².